The van der Waals surface area contributed by atoms with Crippen LogP contribution in [0.1, 0.15) is 45.1 Å². The number of benzene rings is 1. The van der Waals surface area contributed by atoms with Crippen molar-refractivity contribution in [3.8, 4) is 0 Å². The van der Waals surface area contributed by atoms with Crippen LogP contribution >= 0.6 is 24.0 Å². The Balaban J connectivity index is 0.00000312. The molecule has 1 saturated carbocycles. The zero-order valence-electron chi connectivity index (χ0n) is 15.9. The van der Waals surface area contributed by atoms with E-state index >= 15 is 0 Å². The highest BCUT2D eigenvalue weighted by atomic mass is 127. The van der Waals surface area contributed by atoms with E-state index in [4.69, 9.17) is 4.74 Å². The Morgan fingerprint density at radius 2 is 2.00 bits per heavy atom. The normalized spacial score (nSPS) is 16.7. The van der Waals surface area contributed by atoms with Crippen LogP contribution < -0.4 is 10.6 Å². The maximum Gasteiger partial charge on any atom is 0.191 e. The second-order valence-electron chi connectivity index (χ2n) is 6.94. The van der Waals surface area contributed by atoms with Gasteiger partial charge in [-0.15, -0.1) is 24.0 Å². The minimum atomic E-state index is 0. The quantitative estimate of drug-likeness (QED) is 0.241. The van der Waals surface area contributed by atoms with E-state index in [1.165, 1.54) is 18.4 Å². The molecule has 0 saturated heterocycles. The number of halogens is 1. The van der Waals surface area contributed by atoms with E-state index in [2.05, 4.69) is 59.8 Å². The van der Waals surface area contributed by atoms with Crippen LogP contribution in [-0.4, -0.2) is 38.8 Å². The first-order valence-corrected chi connectivity index (χ1v) is 9.26. The highest BCUT2D eigenvalue weighted by Gasteiger charge is 2.41. The summed E-state index contributed by atoms with van der Waals surface area (Å²) in [5.41, 5.74) is 1.82. The van der Waals surface area contributed by atoms with Gasteiger partial charge in [0.15, 0.2) is 5.96 Å². The fraction of sp³-hybridized carbons (Fsp3) is 0.650. The van der Waals surface area contributed by atoms with E-state index in [1.54, 1.807) is 0 Å². The summed E-state index contributed by atoms with van der Waals surface area (Å²) in [7, 11) is 1.85. The molecule has 1 aromatic rings. The van der Waals surface area contributed by atoms with Crippen molar-refractivity contribution >= 4 is 29.9 Å². The average Bonchev–Trinajstić information content (AvgIpc) is 3.38. The summed E-state index contributed by atoms with van der Waals surface area (Å²) >= 11 is 0. The largest absolute Gasteiger partial charge is 0.382 e. The van der Waals surface area contributed by atoms with Crippen LogP contribution in [-0.2, 0) is 11.2 Å². The molecule has 2 N–H and O–H groups in total. The van der Waals surface area contributed by atoms with Crippen LogP contribution in [0.3, 0.4) is 0 Å². The number of ether oxygens (including phenoxy) is 1. The molecule has 25 heavy (non-hydrogen) atoms. The minimum Gasteiger partial charge on any atom is -0.382 e. The first kappa shape index (κ1) is 22.2. The van der Waals surface area contributed by atoms with Gasteiger partial charge < -0.3 is 15.4 Å². The van der Waals surface area contributed by atoms with Crippen molar-refractivity contribution in [3.63, 3.8) is 0 Å². The number of aliphatic imine (C=N–C) groups is 1. The van der Waals surface area contributed by atoms with Gasteiger partial charge in [-0.05, 0) is 56.9 Å². The fourth-order valence-corrected chi connectivity index (χ4v) is 2.92. The van der Waals surface area contributed by atoms with Crippen molar-refractivity contribution in [1.82, 2.24) is 10.6 Å². The molecular weight excluding hydrogens is 425 g/mol. The number of rotatable bonds is 10. The van der Waals surface area contributed by atoms with Crippen molar-refractivity contribution in [2.75, 3.05) is 26.8 Å². The average molecular weight is 459 g/mol. The predicted octanol–water partition coefficient (Wildman–Crippen LogP) is 4.00. The van der Waals surface area contributed by atoms with E-state index in [0.717, 1.165) is 45.0 Å². The third-order valence-electron chi connectivity index (χ3n) is 4.88. The van der Waals surface area contributed by atoms with Gasteiger partial charge in [0.25, 0.3) is 0 Å². The van der Waals surface area contributed by atoms with Gasteiger partial charge in [0.2, 0.25) is 0 Å². The lowest BCUT2D eigenvalue weighted by molar-refractivity contribution is 0.128. The van der Waals surface area contributed by atoms with Crippen LogP contribution in [0.2, 0.25) is 0 Å². The SMILES string of the molecule is CCOCCC1(CNC(=NC)NC(C)CCc2ccccc2)CC1.I. The summed E-state index contributed by atoms with van der Waals surface area (Å²) in [5, 5.41) is 7.02. The van der Waals surface area contributed by atoms with E-state index in [1.807, 2.05) is 7.05 Å². The molecule has 1 unspecified atom stereocenters. The second-order valence-corrected chi connectivity index (χ2v) is 6.94. The summed E-state index contributed by atoms with van der Waals surface area (Å²) in [6.07, 6.45) is 5.93. The maximum atomic E-state index is 5.51. The van der Waals surface area contributed by atoms with Crippen LogP contribution in [0.5, 0.6) is 0 Å². The van der Waals surface area contributed by atoms with Crippen LogP contribution in [0.4, 0.5) is 0 Å². The molecule has 1 aliphatic carbocycles. The summed E-state index contributed by atoms with van der Waals surface area (Å²) < 4.78 is 5.51. The number of guanidine groups is 1. The van der Waals surface area contributed by atoms with Gasteiger partial charge in [-0.3, -0.25) is 4.99 Å². The van der Waals surface area contributed by atoms with E-state index in [-0.39, 0.29) is 24.0 Å². The molecule has 0 aromatic heterocycles. The molecule has 0 amide bonds. The predicted molar refractivity (Wildman–Crippen MR) is 117 cm³/mol. The smallest absolute Gasteiger partial charge is 0.191 e. The van der Waals surface area contributed by atoms with Gasteiger partial charge in [-0.1, -0.05) is 30.3 Å². The van der Waals surface area contributed by atoms with Gasteiger partial charge in [0.1, 0.15) is 0 Å². The molecule has 1 atom stereocenters. The topological polar surface area (TPSA) is 45.6 Å². The van der Waals surface area contributed by atoms with Crippen molar-refractivity contribution in [1.29, 1.82) is 0 Å². The Labute approximate surface area is 170 Å². The third kappa shape index (κ3) is 8.40. The molecule has 2 rings (SSSR count). The molecule has 0 radical (unpaired) electrons. The molecule has 1 aromatic carbocycles. The zero-order chi connectivity index (χ0) is 17.3. The second kappa shape index (κ2) is 11.7. The van der Waals surface area contributed by atoms with Crippen LogP contribution in [0.25, 0.3) is 0 Å². The van der Waals surface area contributed by atoms with Crippen LogP contribution in [0, 0.1) is 5.41 Å². The van der Waals surface area contributed by atoms with Crippen molar-refractivity contribution in [2.45, 2.75) is 52.0 Å². The maximum absolute atomic E-state index is 5.51. The first-order valence-electron chi connectivity index (χ1n) is 9.26. The molecule has 1 fully saturated rings. The molecule has 5 heteroatoms. The Bertz CT molecular complexity index is 503. The molecular formula is C20H34IN3O. The lowest BCUT2D eigenvalue weighted by atomic mass is 10.0. The number of nitrogens with zero attached hydrogens (tertiary/aromatic N) is 1. The summed E-state index contributed by atoms with van der Waals surface area (Å²) in [4.78, 5) is 4.37. The van der Waals surface area contributed by atoms with Gasteiger partial charge in [0, 0.05) is 32.8 Å². The Morgan fingerprint density at radius 3 is 2.60 bits per heavy atom. The Kier molecular flexibility index (Phi) is 10.4. The highest BCUT2D eigenvalue weighted by Crippen LogP contribution is 2.48. The third-order valence-corrected chi connectivity index (χ3v) is 4.88. The van der Waals surface area contributed by atoms with E-state index in [9.17, 15) is 0 Å². The molecule has 1 aliphatic rings. The van der Waals surface area contributed by atoms with Gasteiger partial charge >= 0.3 is 0 Å². The lowest BCUT2D eigenvalue weighted by Crippen LogP contribution is -2.44. The monoisotopic (exact) mass is 459 g/mol. The standard InChI is InChI=1S/C20H33N3O.HI/c1-4-24-15-14-20(12-13-20)16-22-19(21-3)23-17(2)10-11-18-8-6-5-7-9-18;/h5-9,17H,4,10-16H2,1-3H3,(H2,21,22,23);1H. The summed E-state index contributed by atoms with van der Waals surface area (Å²) in [5.74, 6) is 0.915. The Morgan fingerprint density at radius 1 is 1.28 bits per heavy atom. The number of hydrogen-bond donors (Lipinski definition) is 2. The molecule has 4 nitrogen and oxygen atoms in total. The number of hydrogen-bond acceptors (Lipinski definition) is 2. The number of aryl methyl sites for hydroxylation is 1. The Hall–Kier alpha value is -0.820. The minimum absolute atomic E-state index is 0. The van der Waals surface area contributed by atoms with E-state index in [0.29, 0.717) is 11.5 Å². The molecule has 0 heterocycles. The highest BCUT2D eigenvalue weighted by molar-refractivity contribution is 14.0. The molecule has 142 valence electrons. The first-order chi connectivity index (χ1) is 11.7. The molecule has 0 bridgehead atoms. The van der Waals surface area contributed by atoms with Gasteiger partial charge in [-0.25, -0.2) is 0 Å². The molecule has 0 aliphatic heterocycles. The van der Waals surface area contributed by atoms with E-state index < -0.39 is 0 Å². The van der Waals surface area contributed by atoms with Crippen molar-refractivity contribution in [2.24, 2.45) is 10.4 Å². The van der Waals surface area contributed by atoms with Gasteiger partial charge in [0.05, 0.1) is 0 Å². The van der Waals surface area contributed by atoms with Crippen LogP contribution in [0.15, 0.2) is 35.3 Å². The zero-order valence-corrected chi connectivity index (χ0v) is 18.2. The summed E-state index contributed by atoms with van der Waals surface area (Å²) in [6.45, 7) is 6.95. The van der Waals surface area contributed by atoms with Gasteiger partial charge in [-0.2, -0.15) is 0 Å². The fourth-order valence-electron chi connectivity index (χ4n) is 2.92. The number of nitrogens with one attached hydrogen (secondary N) is 2. The van der Waals surface area contributed by atoms with Crippen molar-refractivity contribution in [3.05, 3.63) is 35.9 Å². The molecule has 0 spiro atoms. The van der Waals surface area contributed by atoms with Crippen molar-refractivity contribution < 1.29 is 4.74 Å². The lowest BCUT2D eigenvalue weighted by Gasteiger charge is -2.21. The summed E-state index contributed by atoms with van der Waals surface area (Å²) in [6, 6.07) is 11.0.